The second-order valence-electron chi connectivity index (χ2n) is 13.0. The Morgan fingerprint density at radius 3 is 2.26 bits per heavy atom. The van der Waals surface area contributed by atoms with E-state index in [9.17, 15) is 22.8 Å². The van der Waals surface area contributed by atoms with Crippen LogP contribution in [0.15, 0.2) is 94.8 Å². The van der Waals surface area contributed by atoms with E-state index in [-0.39, 0.29) is 44.9 Å². The van der Waals surface area contributed by atoms with Gasteiger partial charge in [0.25, 0.3) is 27.7 Å². The Kier molecular flexibility index (Phi) is 11.4. The Labute approximate surface area is 314 Å². The molecule has 1 aliphatic rings. The van der Waals surface area contributed by atoms with Crippen molar-refractivity contribution in [2.45, 2.75) is 64.4 Å². The van der Waals surface area contributed by atoms with Gasteiger partial charge in [-0.25, -0.2) is 17.8 Å². The number of aliphatic imine (C=N–C) groups is 1. The van der Waals surface area contributed by atoms with Gasteiger partial charge in [-0.15, -0.1) is 0 Å². The van der Waals surface area contributed by atoms with Crippen LogP contribution >= 0.6 is 11.6 Å². The van der Waals surface area contributed by atoms with Crippen LogP contribution in [0.5, 0.6) is 0 Å². The fraction of sp³-hybridized carbons (Fsp3) is 0.275. The lowest BCUT2D eigenvalue weighted by atomic mass is 10.0. The minimum Gasteiger partial charge on any atom is -0.337 e. The number of rotatable bonds is 12. The van der Waals surface area contributed by atoms with E-state index >= 15 is 0 Å². The molecule has 0 atom stereocenters. The lowest BCUT2D eigenvalue weighted by Gasteiger charge is -2.21. The Morgan fingerprint density at radius 1 is 0.868 bits per heavy atom. The van der Waals surface area contributed by atoms with E-state index in [1.165, 1.54) is 46.3 Å². The molecule has 1 N–H and O–H groups in total. The second kappa shape index (κ2) is 16.1. The summed E-state index contributed by atoms with van der Waals surface area (Å²) in [4.78, 5) is 49.5. The Bertz CT molecular complexity index is 2330. The lowest BCUT2D eigenvalue weighted by molar-refractivity contribution is 0.0744. The largest absolute Gasteiger partial charge is 0.337 e. The molecule has 0 saturated carbocycles. The number of nitrogens with one attached hydrogen (secondary N) is 1. The summed E-state index contributed by atoms with van der Waals surface area (Å²) in [5, 5.41) is 6.35. The number of carbonyl (C=O) groups is 3. The van der Waals surface area contributed by atoms with Gasteiger partial charge in [-0.3, -0.25) is 24.3 Å². The summed E-state index contributed by atoms with van der Waals surface area (Å²) in [5.41, 5.74) is 2.56. The fourth-order valence-corrected chi connectivity index (χ4v) is 7.44. The van der Waals surface area contributed by atoms with Crippen molar-refractivity contribution < 1.29 is 22.8 Å². The number of benzene rings is 4. The monoisotopic (exact) mass is 752 g/mol. The average Bonchev–Trinajstić information content (AvgIpc) is 3.31. The van der Waals surface area contributed by atoms with Crippen molar-refractivity contribution in [2.24, 2.45) is 4.99 Å². The molecule has 6 rings (SSSR count). The Balaban J connectivity index is 1.40. The molecule has 4 aromatic carbocycles. The van der Waals surface area contributed by atoms with Gasteiger partial charge in [-0.1, -0.05) is 92.9 Å². The van der Waals surface area contributed by atoms with Crippen molar-refractivity contribution in [3.8, 4) is 5.69 Å². The maximum absolute atomic E-state index is 14.5. The zero-order chi connectivity index (χ0) is 37.7. The van der Waals surface area contributed by atoms with E-state index in [0.717, 1.165) is 42.2 Å². The molecule has 3 amide bonds. The standard InChI is InChI=1S/C40H41ClN6O5S/c1-4-6-20-45(21-7-5-2)40(50)37-36(41)27(3)47(43-37)35-19-17-30(23-34(35)39(49)46-25-32-15-11-10-14-31(32)24-42-26-46)38(48)44-53(51,52)33-18-16-28-12-8-9-13-29(28)22-33/h8-19,22-23,26H,4-7,20-21,24-25H2,1-3H3,(H,44,48). The van der Waals surface area contributed by atoms with Gasteiger partial charge < -0.3 is 4.90 Å². The van der Waals surface area contributed by atoms with Gasteiger partial charge in [0.2, 0.25) is 0 Å². The van der Waals surface area contributed by atoms with Crippen molar-refractivity contribution in [3.05, 3.63) is 124 Å². The molecule has 0 bridgehead atoms. The van der Waals surface area contributed by atoms with E-state index in [0.29, 0.717) is 30.7 Å². The van der Waals surface area contributed by atoms with Gasteiger partial charge in [0.1, 0.15) is 0 Å². The second-order valence-corrected chi connectivity index (χ2v) is 15.1. The SMILES string of the molecule is CCCCN(CCCC)C(=O)c1nn(-c2ccc(C(=O)NS(=O)(=O)c3ccc4ccccc4c3)cc2C(=O)N2C=NCc3ccccc3C2)c(C)c1Cl. The quantitative estimate of drug-likeness (QED) is 0.142. The predicted molar refractivity (Wildman–Crippen MR) is 206 cm³/mol. The summed E-state index contributed by atoms with van der Waals surface area (Å²) < 4.78 is 30.4. The van der Waals surface area contributed by atoms with Crippen molar-refractivity contribution in [1.82, 2.24) is 24.3 Å². The molecule has 0 saturated heterocycles. The Hall–Kier alpha value is -5.33. The number of hydrogen-bond donors (Lipinski definition) is 1. The minimum atomic E-state index is -4.29. The lowest BCUT2D eigenvalue weighted by Crippen LogP contribution is -2.33. The van der Waals surface area contributed by atoms with Crippen LogP contribution in [-0.2, 0) is 23.1 Å². The molecule has 0 radical (unpaired) electrons. The maximum Gasteiger partial charge on any atom is 0.275 e. The number of nitrogens with zero attached hydrogens (tertiary/aromatic N) is 5. The molecular formula is C40H41ClN6O5S. The molecule has 53 heavy (non-hydrogen) atoms. The summed E-state index contributed by atoms with van der Waals surface area (Å²) in [7, 11) is -4.29. The summed E-state index contributed by atoms with van der Waals surface area (Å²) in [5.74, 6) is -1.75. The third-order valence-corrected chi connectivity index (χ3v) is 11.1. The molecule has 1 aliphatic heterocycles. The zero-order valence-corrected chi connectivity index (χ0v) is 31.5. The summed E-state index contributed by atoms with van der Waals surface area (Å²) in [6.07, 6.45) is 4.94. The van der Waals surface area contributed by atoms with Crippen molar-refractivity contribution in [1.29, 1.82) is 0 Å². The van der Waals surface area contributed by atoms with Crippen molar-refractivity contribution in [3.63, 3.8) is 0 Å². The summed E-state index contributed by atoms with van der Waals surface area (Å²) >= 11 is 6.80. The van der Waals surface area contributed by atoms with Gasteiger partial charge in [0.05, 0.1) is 46.3 Å². The number of fused-ring (bicyclic) bond motifs is 2. The number of halogens is 1. The third-order valence-electron chi connectivity index (χ3n) is 9.27. The smallest absolute Gasteiger partial charge is 0.275 e. The highest BCUT2D eigenvalue weighted by Gasteiger charge is 2.29. The normalized spacial score (nSPS) is 12.7. The maximum atomic E-state index is 14.5. The molecule has 274 valence electrons. The minimum absolute atomic E-state index is 0.0293. The molecule has 13 heteroatoms. The molecular weight excluding hydrogens is 712 g/mol. The highest BCUT2D eigenvalue weighted by Crippen LogP contribution is 2.29. The topological polar surface area (TPSA) is 134 Å². The summed E-state index contributed by atoms with van der Waals surface area (Å²) in [6, 6.07) is 23.8. The van der Waals surface area contributed by atoms with Crippen LogP contribution in [0.3, 0.4) is 0 Å². The highest BCUT2D eigenvalue weighted by molar-refractivity contribution is 7.90. The van der Waals surface area contributed by atoms with Crippen LogP contribution in [0.4, 0.5) is 0 Å². The molecule has 5 aromatic rings. The number of unbranched alkanes of at least 4 members (excludes halogenated alkanes) is 2. The average molecular weight is 753 g/mol. The van der Waals surface area contributed by atoms with E-state index in [1.807, 2.05) is 36.4 Å². The first-order valence-corrected chi connectivity index (χ1v) is 19.5. The molecule has 2 heterocycles. The van der Waals surface area contributed by atoms with E-state index in [1.54, 1.807) is 30.0 Å². The van der Waals surface area contributed by atoms with Crippen LogP contribution in [0, 0.1) is 6.92 Å². The number of aromatic nitrogens is 2. The van der Waals surface area contributed by atoms with Crippen LogP contribution in [0.1, 0.15) is 87.6 Å². The highest BCUT2D eigenvalue weighted by atomic mass is 35.5. The predicted octanol–water partition coefficient (Wildman–Crippen LogP) is 7.33. The van der Waals surface area contributed by atoms with Gasteiger partial charge in [0.15, 0.2) is 5.69 Å². The molecule has 0 fully saturated rings. The number of carbonyl (C=O) groups excluding carboxylic acids is 3. The molecule has 0 unspecified atom stereocenters. The molecule has 1 aromatic heterocycles. The van der Waals surface area contributed by atoms with Gasteiger partial charge in [-0.2, -0.15) is 5.10 Å². The van der Waals surface area contributed by atoms with E-state index < -0.39 is 21.8 Å². The van der Waals surface area contributed by atoms with Crippen LogP contribution < -0.4 is 4.72 Å². The molecule has 0 aliphatic carbocycles. The number of amides is 3. The first kappa shape index (κ1) is 37.4. The number of hydrogen-bond acceptors (Lipinski definition) is 7. The molecule has 11 nitrogen and oxygen atoms in total. The third kappa shape index (κ3) is 8.03. The van der Waals surface area contributed by atoms with Crippen LogP contribution in [-0.4, -0.2) is 65.1 Å². The van der Waals surface area contributed by atoms with Crippen LogP contribution in [0.2, 0.25) is 5.02 Å². The van der Waals surface area contributed by atoms with E-state index in [2.05, 4.69) is 28.7 Å². The van der Waals surface area contributed by atoms with Gasteiger partial charge in [-0.05, 0) is 72.0 Å². The first-order valence-electron chi connectivity index (χ1n) is 17.6. The van der Waals surface area contributed by atoms with Gasteiger partial charge in [0, 0.05) is 18.7 Å². The van der Waals surface area contributed by atoms with Crippen LogP contribution in [0.25, 0.3) is 16.5 Å². The fourth-order valence-electron chi connectivity index (χ4n) is 6.23. The first-order chi connectivity index (χ1) is 25.5. The van der Waals surface area contributed by atoms with Crippen molar-refractivity contribution in [2.75, 3.05) is 13.1 Å². The zero-order valence-electron chi connectivity index (χ0n) is 29.9. The number of sulfonamides is 1. The Morgan fingerprint density at radius 2 is 1.55 bits per heavy atom. The summed E-state index contributed by atoms with van der Waals surface area (Å²) in [6.45, 7) is 7.52. The molecule has 0 spiro atoms. The van der Waals surface area contributed by atoms with Crippen molar-refractivity contribution >= 4 is 56.5 Å². The van der Waals surface area contributed by atoms with Gasteiger partial charge >= 0.3 is 0 Å². The van der Waals surface area contributed by atoms with E-state index in [4.69, 9.17) is 11.6 Å².